The molecule has 2 rings (SSSR count). The van der Waals surface area contributed by atoms with E-state index in [1.807, 2.05) is 19.1 Å². The summed E-state index contributed by atoms with van der Waals surface area (Å²) in [6, 6.07) is 7.79. The molecule has 0 amide bonds. The molecule has 0 aliphatic heterocycles. The fourth-order valence-electron chi connectivity index (χ4n) is 1.71. The minimum Gasteiger partial charge on any atom is -0.437 e. The van der Waals surface area contributed by atoms with Gasteiger partial charge < -0.3 is 10.5 Å². The Balaban J connectivity index is 2.34. The summed E-state index contributed by atoms with van der Waals surface area (Å²) >= 11 is 6.07. The van der Waals surface area contributed by atoms with Crippen LogP contribution in [0.3, 0.4) is 0 Å². The fourth-order valence-corrected chi connectivity index (χ4v) is 1.92. The molecule has 0 atom stereocenters. The monoisotopic (exact) mass is 276 g/mol. The molecule has 1 aromatic carbocycles. The first-order valence-corrected chi connectivity index (χ1v) is 6.54. The van der Waals surface area contributed by atoms with E-state index in [-0.39, 0.29) is 0 Å². The topological polar surface area (TPSA) is 48.1 Å². The largest absolute Gasteiger partial charge is 0.437 e. The van der Waals surface area contributed by atoms with Crippen LogP contribution in [-0.2, 0) is 0 Å². The molecule has 2 N–H and O–H groups in total. The molecular weight excluding hydrogens is 260 g/mol. The molecule has 3 nitrogen and oxygen atoms in total. The number of aromatic nitrogens is 1. The molecule has 0 spiro atoms. The van der Waals surface area contributed by atoms with Crippen LogP contribution in [0.4, 0.5) is 5.69 Å². The Labute approximate surface area is 118 Å². The average molecular weight is 277 g/mol. The van der Waals surface area contributed by atoms with E-state index >= 15 is 0 Å². The number of anilines is 1. The van der Waals surface area contributed by atoms with Gasteiger partial charge in [-0.2, -0.15) is 0 Å². The second kappa shape index (κ2) is 5.49. The van der Waals surface area contributed by atoms with Crippen LogP contribution in [0.2, 0.25) is 5.02 Å². The highest BCUT2D eigenvalue weighted by Crippen LogP contribution is 2.32. The van der Waals surface area contributed by atoms with Crippen molar-refractivity contribution in [3.05, 3.63) is 46.6 Å². The lowest BCUT2D eigenvalue weighted by atomic mass is 10.0. The number of hydrogen-bond donors (Lipinski definition) is 1. The van der Waals surface area contributed by atoms with Crippen molar-refractivity contribution in [3.63, 3.8) is 0 Å². The Morgan fingerprint density at radius 1 is 1.26 bits per heavy atom. The van der Waals surface area contributed by atoms with Crippen LogP contribution in [0.1, 0.15) is 30.9 Å². The average Bonchev–Trinajstić information content (AvgIpc) is 2.34. The number of aryl methyl sites for hydroxylation is 1. The lowest BCUT2D eigenvalue weighted by Crippen LogP contribution is -1.95. The number of ether oxygens (including phenoxy) is 1. The predicted molar refractivity (Wildman–Crippen MR) is 79.0 cm³/mol. The number of nitrogen functional groups attached to an aromatic ring is 1. The van der Waals surface area contributed by atoms with E-state index in [2.05, 4.69) is 24.9 Å². The van der Waals surface area contributed by atoms with E-state index in [4.69, 9.17) is 22.1 Å². The van der Waals surface area contributed by atoms with E-state index in [9.17, 15) is 0 Å². The molecule has 100 valence electrons. The molecule has 2 aromatic rings. The summed E-state index contributed by atoms with van der Waals surface area (Å²) < 4.78 is 5.79. The SMILES string of the molecule is Cc1ccc(C(C)C)cc1Oc1ncc(N)cc1Cl. The second-order valence-corrected chi connectivity index (χ2v) is 5.24. The van der Waals surface area contributed by atoms with Gasteiger partial charge in [0, 0.05) is 0 Å². The van der Waals surface area contributed by atoms with Crippen LogP contribution >= 0.6 is 11.6 Å². The van der Waals surface area contributed by atoms with Crippen molar-refractivity contribution in [1.82, 2.24) is 4.98 Å². The predicted octanol–water partition coefficient (Wildman–Crippen LogP) is 4.54. The van der Waals surface area contributed by atoms with Crippen molar-refractivity contribution in [1.29, 1.82) is 0 Å². The molecule has 0 fully saturated rings. The first kappa shape index (κ1) is 13.7. The summed E-state index contributed by atoms with van der Waals surface area (Å²) in [7, 11) is 0. The van der Waals surface area contributed by atoms with Gasteiger partial charge in [-0.3, -0.25) is 0 Å². The lowest BCUT2D eigenvalue weighted by molar-refractivity contribution is 0.459. The van der Waals surface area contributed by atoms with E-state index in [1.165, 1.54) is 11.8 Å². The van der Waals surface area contributed by atoms with E-state index in [1.54, 1.807) is 6.07 Å². The van der Waals surface area contributed by atoms with Gasteiger partial charge in [0.2, 0.25) is 5.88 Å². The number of pyridine rings is 1. The molecule has 0 radical (unpaired) electrons. The summed E-state index contributed by atoms with van der Waals surface area (Å²) in [5, 5.41) is 0.411. The molecule has 0 saturated carbocycles. The Morgan fingerprint density at radius 2 is 2.00 bits per heavy atom. The fraction of sp³-hybridized carbons (Fsp3) is 0.267. The highest BCUT2D eigenvalue weighted by atomic mass is 35.5. The summed E-state index contributed by atoms with van der Waals surface area (Å²) in [4.78, 5) is 4.11. The third-order valence-corrected chi connectivity index (χ3v) is 3.18. The van der Waals surface area contributed by atoms with Crippen molar-refractivity contribution in [2.45, 2.75) is 26.7 Å². The van der Waals surface area contributed by atoms with Gasteiger partial charge in [0.15, 0.2) is 0 Å². The highest BCUT2D eigenvalue weighted by molar-refractivity contribution is 6.32. The third kappa shape index (κ3) is 3.18. The summed E-state index contributed by atoms with van der Waals surface area (Å²) in [6.45, 7) is 6.27. The van der Waals surface area contributed by atoms with Crippen LogP contribution in [0.15, 0.2) is 30.5 Å². The Bertz CT molecular complexity index is 597. The van der Waals surface area contributed by atoms with Crippen molar-refractivity contribution >= 4 is 17.3 Å². The second-order valence-electron chi connectivity index (χ2n) is 4.84. The van der Waals surface area contributed by atoms with Gasteiger partial charge in [0.1, 0.15) is 10.8 Å². The molecular formula is C15H17ClN2O. The quantitative estimate of drug-likeness (QED) is 0.895. The van der Waals surface area contributed by atoms with Gasteiger partial charge in [-0.15, -0.1) is 0 Å². The van der Waals surface area contributed by atoms with Crippen LogP contribution in [0.5, 0.6) is 11.6 Å². The van der Waals surface area contributed by atoms with E-state index < -0.39 is 0 Å². The first-order chi connectivity index (χ1) is 8.97. The Morgan fingerprint density at radius 3 is 2.63 bits per heavy atom. The van der Waals surface area contributed by atoms with Gasteiger partial charge in [-0.05, 0) is 36.1 Å². The zero-order chi connectivity index (χ0) is 14.0. The molecule has 0 bridgehead atoms. The third-order valence-electron chi connectivity index (χ3n) is 2.91. The maximum Gasteiger partial charge on any atom is 0.238 e. The lowest BCUT2D eigenvalue weighted by Gasteiger charge is -2.12. The highest BCUT2D eigenvalue weighted by Gasteiger charge is 2.09. The Kier molecular flexibility index (Phi) is 3.96. The standard InChI is InChI=1S/C15H17ClN2O/c1-9(2)11-5-4-10(3)14(6-11)19-15-13(16)7-12(17)8-18-15/h4-9H,17H2,1-3H3. The Hall–Kier alpha value is -1.74. The molecule has 0 aliphatic carbocycles. The van der Waals surface area contributed by atoms with Gasteiger partial charge in [0.05, 0.1) is 11.9 Å². The van der Waals surface area contributed by atoms with Gasteiger partial charge >= 0.3 is 0 Å². The molecule has 0 aliphatic rings. The number of benzene rings is 1. The molecule has 0 unspecified atom stereocenters. The number of nitrogens with two attached hydrogens (primary N) is 1. The van der Waals surface area contributed by atoms with Crippen LogP contribution in [-0.4, -0.2) is 4.98 Å². The van der Waals surface area contributed by atoms with Gasteiger partial charge in [0.25, 0.3) is 0 Å². The summed E-state index contributed by atoms with van der Waals surface area (Å²) in [5.41, 5.74) is 8.39. The van der Waals surface area contributed by atoms with Crippen LogP contribution in [0.25, 0.3) is 0 Å². The molecule has 19 heavy (non-hydrogen) atoms. The van der Waals surface area contributed by atoms with Crippen molar-refractivity contribution in [2.75, 3.05) is 5.73 Å². The number of nitrogens with zero attached hydrogens (tertiary/aromatic N) is 1. The van der Waals surface area contributed by atoms with Crippen molar-refractivity contribution in [2.24, 2.45) is 0 Å². The number of hydrogen-bond acceptors (Lipinski definition) is 3. The van der Waals surface area contributed by atoms with Crippen LogP contribution < -0.4 is 10.5 Å². The zero-order valence-electron chi connectivity index (χ0n) is 11.3. The van der Waals surface area contributed by atoms with Crippen LogP contribution in [0, 0.1) is 6.92 Å². The normalized spacial score (nSPS) is 10.8. The minimum absolute atomic E-state index is 0.375. The maximum atomic E-state index is 6.07. The molecule has 1 aromatic heterocycles. The minimum atomic E-state index is 0.375. The number of halogens is 1. The summed E-state index contributed by atoms with van der Waals surface area (Å²) in [6.07, 6.45) is 1.53. The maximum absolute atomic E-state index is 6.07. The van der Waals surface area contributed by atoms with E-state index in [0.29, 0.717) is 22.5 Å². The van der Waals surface area contributed by atoms with Gasteiger partial charge in [-0.25, -0.2) is 4.98 Å². The van der Waals surface area contributed by atoms with Crippen molar-refractivity contribution in [3.8, 4) is 11.6 Å². The van der Waals surface area contributed by atoms with Crippen molar-refractivity contribution < 1.29 is 4.74 Å². The number of rotatable bonds is 3. The first-order valence-electron chi connectivity index (χ1n) is 6.17. The smallest absolute Gasteiger partial charge is 0.238 e. The summed E-state index contributed by atoms with van der Waals surface area (Å²) in [5.74, 6) is 1.59. The van der Waals surface area contributed by atoms with Gasteiger partial charge in [-0.1, -0.05) is 37.6 Å². The molecule has 4 heteroatoms. The zero-order valence-corrected chi connectivity index (χ0v) is 12.0. The molecule has 0 saturated heterocycles. The van der Waals surface area contributed by atoms with E-state index in [0.717, 1.165) is 11.3 Å². The molecule has 1 heterocycles.